The molecule has 1 aromatic rings. The number of piperazine rings is 1. The highest BCUT2D eigenvalue weighted by Gasteiger charge is 2.28. The molecule has 0 atom stereocenters. The lowest BCUT2D eigenvalue weighted by Gasteiger charge is -2.42. The molecule has 2 heterocycles. The number of aromatic nitrogens is 2. The molecule has 0 bridgehead atoms. The standard InChI is InChI=1S/C18H31N5/c1-4-21(3)9-8-16-14-19-18(20-15(16)2)23-12-10-22(11-13-23)17-6-5-7-17/h14,17H,4-13H2,1-3H3. The van der Waals surface area contributed by atoms with Crippen LogP contribution >= 0.6 is 0 Å². The number of nitrogens with zero attached hydrogens (tertiary/aromatic N) is 5. The van der Waals surface area contributed by atoms with Gasteiger partial charge in [0.15, 0.2) is 0 Å². The summed E-state index contributed by atoms with van der Waals surface area (Å²) in [6.45, 7) is 10.9. The Bertz CT molecular complexity index is 506. The predicted molar refractivity (Wildman–Crippen MR) is 95.1 cm³/mol. The van der Waals surface area contributed by atoms with Crippen molar-refractivity contribution >= 4 is 5.95 Å². The van der Waals surface area contributed by atoms with E-state index >= 15 is 0 Å². The van der Waals surface area contributed by atoms with E-state index in [1.165, 1.54) is 24.8 Å². The summed E-state index contributed by atoms with van der Waals surface area (Å²) in [5.74, 6) is 0.920. The Morgan fingerprint density at radius 1 is 1.22 bits per heavy atom. The molecule has 0 aromatic carbocycles. The first kappa shape index (κ1) is 16.7. The zero-order valence-corrected chi connectivity index (χ0v) is 15.0. The summed E-state index contributed by atoms with van der Waals surface area (Å²) in [4.78, 5) is 16.8. The monoisotopic (exact) mass is 317 g/mol. The van der Waals surface area contributed by atoms with Gasteiger partial charge in [-0.15, -0.1) is 0 Å². The largest absolute Gasteiger partial charge is 0.338 e. The third-order valence-electron chi connectivity index (χ3n) is 5.56. The molecule has 2 aliphatic rings. The molecule has 5 heteroatoms. The van der Waals surface area contributed by atoms with Crippen molar-refractivity contribution in [1.29, 1.82) is 0 Å². The first-order valence-corrected chi connectivity index (χ1v) is 9.17. The van der Waals surface area contributed by atoms with Crippen molar-refractivity contribution in [2.75, 3.05) is 51.2 Å². The zero-order valence-electron chi connectivity index (χ0n) is 15.0. The fraction of sp³-hybridized carbons (Fsp3) is 0.778. The summed E-state index contributed by atoms with van der Waals surface area (Å²) < 4.78 is 0. The van der Waals surface area contributed by atoms with E-state index in [1.54, 1.807) is 0 Å². The second-order valence-electron chi connectivity index (χ2n) is 7.03. The molecule has 3 rings (SSSR count). The van der Waals surface area contributed by atoms with Gasteiger partial charge < -0.3 is 9.80 Å². The van der Waals surface area contributed by atoms with Gasteiger partial charge in [0.05, 0.1) is 0 Å². The molecule has 0 amide bonds. The van der Waals surface area contributed by atoms with Gasteiger partial charge >= 0.3 is 0 Å². The average molecular weight is 317 g/mol. The molecular weight excluding hydrogens is 286 g/mol. The molecule has 1 saturated heterocycles. The van der Waals surface area contributed by atoms with Crippen molar-refractivity contribution in [3.63, 3.8) is 0 Å². The zero-order chi connectivity index (χ0) is 16.2. The number of anilines is 1. The third kappa shape index (κ3) is 4.01. The van der Waals surface area contributed by atoms with Crippen LogP contribution in [0.25, 0.3) is 0 Å². The molecule has 0 N–H and O–H groups in total. The highest BCUT2D eigenvalue weighted by molar-refractivity contribution is 5.33. The molecule has 5 nitrogen and oxygen atoms in total. The van der Waals surface area contributed by atoms with E-state index in [2.05, 4.69) is 40.6 Å². The highest BCUT2D eigenvalue weighted by atomic mass is 15.3. The Hall–Kier alpha value is -1.20. The first-order chi connectivity index (χ1) is 11.2. The topological polar surface area (TPSA) is 35.5 Å². The summed E-state index contributed by atoms with van der Waals surface area (Å²) in [5.41, 5.74) is 2.42. The summed E-state index contributed by atoms with van der Waals surface area (Å²) in [6, 6.07) is 0.859. The van der Waals surface area contributed by atoms with Gasteiger partial charge in [0.2, 0.25) is 5.95 Å². The van der Waals surface area contributed by atoms with Gasteiger partial charge in [-0.25, -0.2) is 9.97 Å². The molecule has 0 unspecified atom stereocenters. The SMILES string of the molecule is CCN(C)CCc1cnc(N2CCN(C3CCC3)CC2)nc1C. The van der Waals surface area contributed by atoms with Gasteiger partial charge in [-0.05, 0) is 45.3 Å². The fourth-order valence-corrected chi connectivity index (χ4v) is 3.39. The van der Waals surface area contributed by atoms with Crippen LogP contribution in [0.3, 0.4) is 0 Å². The molecule has 128 valence electrons. The predicted octanol–water partition coefficient (Wildman–Crippen LogP) is 1.95. The van der Waals surface area contributed by atoms with Crippen molar-refractivity contribution in [3.05, 3.63) is 17.5 Å². The maximum atomic E-state index is 4.78. The van der Waals surface area contributed by atoms with Crippen LogP contribution in [0.2, 0.25) is 0 Å². The fourth-order valence-electron chi connectivity index (χ4n) is 3.39. The molecule has 0 radical (unpaired) electrons. The first-order valence-electron chi connectivity index (χ1n) is 9.17. The molecule has 23 heavy (non-hydrogen) atoms. The normalized spacial score (nSPS) is 20.1. The Morgan fingerprint density at radius 3 is 2.52 bits per heavy atom. The van der Waals surface area contributed by atoms with E-state index in [0.717, 1.165) is 63.4 Å². The second-order valence-corrected chi connectivity index (χ2v) is 7.03. The van der Waals surface area contributed by atoms with Crippen LogP contribution in [0.1, 0.15) is 37.4 Å². The smallest absolute Gasteiger partial charge is 0.225 e. The van der Waals surface area contributed by atoms with Crippen LogP contribution in [0.4, 0.5) is 5.95 Å². The molecule has 1 aliphatic carbocycles. The van der Waals surface area contributed by atoms with Crippen molar-refractivity contribution in [2.24, 2.45) is 0 Å². The van der Waals surface area contributed by atoms with Gasteiger partial charge in [0.25, 0.3) is 0 Å². The van der Waals surface area contributed by atoms with Crippen LogP contribution in [0.5, 0.6) is 0 Å². The minimum absolute atomic E-state index is 0.859. The Balaban J connectivity index is 1.55. The third-order valence-corrected chi connectivity index (χ3v) is 5.56. The molecule has 1 aromatic heterocycles. The minimum Gasteiger partial charge on any atom is -0.338 e. The summed E-state index contributed by atoms with van der Waals surface area (Å²) in [6.07, 6.45) is 7.29. The molecule has 1 saturated carbocycles. The second kappa shape index (κ2) is 7.58. The van der Waals surface area contributed by atoms with Gasteiger partial charge in [-0.1, -0.05) is 13.3 Å². The van der Waals surface area contributed by atoms with E-state index in [9.17, 15) is 0 Å². The lowest BCUT2D eigenvalue weighted by Crippen LogP contribution is -2.52. The van der Waals surface area contributed by atoms with Crippen LogP contribution < -0.4 is 4.90 Å². The molecule has 0 spiro atoms. The lowest BCUT2D eigenvalue weighted by atomic mass is 9.91. The van der Waals surface area contributed by atoms with Crippen LogP contribution in [-0.2, 0) is 6.42 Å². The summed E-state index contributed by atoms with van der Waals surface area (Å²) >= 11 is 0. The Labute approximate surface area is 140 Å². The maximum Gasteiger partial charge on any atom is 0.225 e. The van der Waals surface area contributed by atoms with Crippen molar-refractivity contribution in [3.8, 4) is 0 Å². The van der Waals surface area contributed by atoms with Gasteiger partial charge in [0, 0.05) is 50.7 Å². The van der Waals surface area contributed by atoms with E-state index in [4.69, 9.17) is 4.98 Å². The summed E-state index contributed by atoms with van der Waals surface area (Å²) in [7, 11) is 2.16. The highest BCUT2D eigenvalue weighted by Crippen LogP contribution is 2.26. The van der Waals surface area contributed by atoms with Crippen LogP contribution in [0.15, 0.2) is 6.20 Å². The van der Waals surface area contributed by atoms with E-state index in [-0.39, 0.29) is 0 Å². The van der Waals surface area contributed by atoms with E-state index in [1.807, 2.05) is 6.20 Å². The van der Waals surface area contributed by atoms with E-state index < -0.39 is 0 Å². The maximum absolute atomic E-state index is 4.78. The Kier molecular flexibility index (Phi) is 5.49. The van der Waals surface area contributed by atoms with Crippen LogP contribution in [0, 0.1) is 6.92 Å². The minimum atomic E-state index is 0.859. The van der Waals surface area contributed by atoms with Crippen molar-refractivity contribution in [1.82, 2.24) is 19.8 Å². The van der Waals surface area contributed by atoms with Gasteiger partial charge in [-0.2, -0.15) is 0 Å². The number of rotatable bonds is 6. The van der Waals surface area contributed by atoms with Crippen LogP contribution in [-0.4, -0.2) is 72.1 Å². The molecule has 2 fully saturated rings. The molecular formula is C18H31N5. The number of hydrogen-bond donors (Lipinski definition) is 0. The Morgan fingerprint density at radius 2 is 1.96 bits per heavy atom. The van der Waals surface area contributed by atoms with Gasteiger partial charge in [0.1, 0.15) is 0 Å². The quantitative estimate of drug-likeness (QED) is 0.801. The number of hydrogen-bond acceptors (Lipinski definition) is 5. The lowest BCUT2D eigenvalue weighted by molar-refractivity contribution is 0.120. The van der Waals surface area contributed by atoms with E-state index in [0.29, 0.717) is 0 Å². The molecule has 1 aliphatic heterocycles. The van der Waals surface area contributed by atoms with Gasteiger partial charge in [-0.3, -0.25) is 4.90 Å². The number of likely N-dealkylation sites (N-methyl/N-ethyl adjacent to an activating group) is 1. The summed E-state index contributed by atoms with van der Waals surface area (Å²) in [5, 5.41) is 0. The van der Waals surface area contributed by atoms with Crippen molar-refractivity contribution in [2.45, 2.75) is 45.6 Å². The van der Waals surface area contributed by atoms with Crippen molar-refractivity contribution < 1.29 is 0 Å². The average Bonchev–Trinajstić information content (AvgIpc) is 2.52. The number of aryl methyl sites for hydroxylation is 1.